The normalized spacial score (nSPS) is 28.7. The molecule has 1 saturated heterocycles. The molecule has 2 N–H and O–H groups in total. The number of benzene rings is 1. The standard InChI is InChI=1S/C17H25NO/c18-17(15-8-4-10-19-12-15)11-14-7-3-6-13-5-1-2-9-16(13)14/h1-2,5,9,14-15,17H,3-4,6-8,10-12,18H2. The molecule has 0 radical (unpaired) electrons. The third-order valence-corrected chi connectivity index (χ3v) is 4.85. The molecule has 2 heteroatoms. The summed E-state index contributed by atoms with van der Waals surface area (Å²) in [6.07, 6.45) is 7.42. The SMILES string of the molecule is NC(CC1CCCc2ccccc21)C1CCCOC1. The van der Waals surface area contributed by atoms with E-state index < -0.39 is 0 Å². The fourth-order valence-corrected chi connectivity index (χ4v) is 3.72. The highest BCUT2D eigenvalue weighted by molar-refractivity contribution is 5.32. The molecule has 3 rings (SSSR count). The van der Waals surface area contributed by atoms with Crippen LogP contribution in [0, 0.1) is 5.92 Å². The van der Waals surface area contributed by atoms with Crippen LogP contribution in [0.15, 0.2) is 24.3 Å². The van der Waals surface area contributed by atoms with Crippen LogP contribution in [0.2, 0.25) is 0 Å². The van der Waals surface area contributed by atoms with E-state index in [0.29, 0.717) is 17.9 Å². The van der Waals surface area contributed by atoms with Crippen molar-refractivity contribution in [1.82, 2.24) is 0 Å². The lowest BCUT2D eigenvalue weighted by Crippen LogP contribution is -2.37. The second kappa shape index (κ2) is 6.06. The van der Waals surface area contributed by atoms with Gasteiger partial charge >= 0.3 is 0 Å². The Morgan fingerprint density at radius 3 is 2.95 bits per heavy atom. The first-order chi connectivity index (χ1) is 9.34. The zero-order chi connectivity index (χ0) is 13.1. The van der Waals surface area contributed by atoms with Gasteiger partial charge in [0.2, 0.25) is 0 Å². The van der Waals surface area contributed by atoms with Crippen LogP contribution in [-0.2, 0) is 11.2 Å². The van der Waals surface area contributed by atoms with E-state index in [4.69, 9.17) is 10.5 Å². The van der Waals surface area contributed by atoms with Crippen molar-refractivity contribution in [2.45, 2.75) is 50.5 Å². The van der Waals surface area contributed by atoms with Gasteiger partial charge in [-0.15, -0.1) is 0 Å². The van der Waals surface area contributed by atoms with Gasteiger partial charge in [0.15, 0.2) is 0 Å². The van der Waals surface area contributed by atoms with Crippen molar-refractivity contribution in [3.05, 3.63) is 35.4 Å². The fraction of sp³-hybridized carbons (Fsp3) is 0.647. The molecule has 19 heavy (non-hydrogen) atoms. The molecule has 2 aliphatic rings. The van der Waals surface area contributed by atoms with Gasteiger partial charge in [-0.25, -0.2) is 0 Å². The van der Waals surface area contributed by atoms with Crippen molar-refractivity contribution < 1.29 is 4.74 Å². The summed E-state index contributed by atoms with van der Waals surface area (Å²) in [5.74, 6) is 1.24. The summed E-state index contributed by atoms with van der Waals surface area (Å²) in [6.45, 7) is 1.80. The maximum atomic E-state index is 6.46. The topological polar surface area (TPSA) is 35.2 Å². The molecule has 0 bridgehead atoms. The molecular weight excluding hydrogens is 234 g/mol. The Bertz CT molecular complexity index is 411. The summed E-state index contributed by atoms with van der Waals surface area (Å²) < 4.78 is 5.58. The monoisotopic (exact) mass is 259 g/mol. The third kappa shape index (κ3) is 3.01. The first-order valence-corrected chi connectivity index (χ1v) is 7.75. The van der Waals surface area contributed by atoms with Gasteiger partial charge < -0.3 is 10.5 Å². The molecule has 0 saturated carbocycles. The molecule has 0 aromatic heterocycles. The van der Waals surface area contributed by atoms with Crippen LogP contribution >= 0.6 is 0 Å². The van der Waals surface area contributed by atoms with E-state index in [-0.39, 0.29) is 0 Å². The molecule has 3 atom stereocenters. The van der Waals surface area contributed by atoms with Crippen molar-refractivity contribution in [1.29, 1.82) is 0 Å². The first kappa shape index (κ1) is 13.1. The average Bonchev–Trinajstić information content (AvgIpc) is 2.48. The van der Waals surface area contributed by atoms with E-state index >= 15 is 0 Å². The summed E-state index contributed by atoms with van der Waals surface area (Å²) in [5, 5.41) is 0. The predicted molar refractivity (Wildman–Crippen MR) is 78.3 cm³/mol. The number of nitrogens with two attached hydrogens (primary N) is 1. The van der Waals surface area contributed by atoms with Crippen molar-refractivity contribution in [2.24, 2.45) is 11.7 Å². The molecule has 1 fully saturated rings. The third-order valence-electron chi connectivity index (χ3n) is 4.85. The van der Waals surface area contributed by atoms with Crippen LogP contribution in [-0.4, -0.2) is 19.3 Å². The Labute approximate surface area is 116 Å². The van der Waals surface area contributed by atoms with Crippen molar-refractivity contribution >= 4 is 0 Å². The van der Waals surface area contributed by atoms with Gasteiger partial charge in [0.05, 0.1) is 6.61 Å². The maximum absolute atomic E-state index is 6.46. The summed E-state index contributed by atoms with van der Waals surface area (Å²) in [6, 6.07) is 9.24. The second-order valence-corrected chi connectivity index (χ2v) is 6.16. The quantitative estimate of drug-likeness (QED) is 0.904. The summed E-state index contributed by atoms with van der Waals surface area (Å²) in [5.41, 5.74) is 9.56. The number of hydrogen-bond acceptors (Lipinski definition) is 2. The Balaban J connectivity index is 1.66. The van der Waals surface area contributed by atoms with Crippen molar-refractivity contribution in [3.8, 4) is 0 Å². The Kier molecular flexibility index (Phi) is 4.19. The Morgan fingerprint density at radius 1 is 1.21 bits per heavy atom. The number of hydrogen-bond donors (Lipinski definition) is 1. The van der Waals surface area contributed by atoms with Crippen molar-refractivity contribution in [2.75, 3.05) is 13.2 Å². The van der Waals surface area contributed by atoms with Crippen LogP contribution < -0.4 is 5.73 Å². The second-order valence-electron chi connectivity index (χ2n) is 6.16. The molecular formula is C17H25NO. The lowest BCUT2D eigenvalue weighted by Gasteiger charge is -2.32. The molecule has 2 nitrogen and oxygen atoms in total. The highest BCUT2D eigenvalue weighted by atomic mass is 16.5. The van der Waals surface area contributed by atoms with E-state index in [0.717, 1.165) is 19.6 Å². The molecule has 0 amide bonds. The van der Waals surface area contributed by atoms with Crippen LogP contribution in [0.4, 0.5) is 0 Å². The summed E-state index contributed by atoms with van der Waals surface area (Å²) in [4.78, 5) is 0. The number of aryl methyl sites for hydroxylation is 1. The molecule has 1 aliphatic heterocycles. The molecule has 1 aliphatic carbocycles. The van der Waals surface area contributed by atoms with Crippen LogP contribution in [0.25, 0.3) is 0 Å². The minimum Gasteiger partial charge on any atom is -0.381 e. The highest BCUT2D eigenvalue weighted by Gasteiger charge is 2.27. The van der Waals surface area contributed by atoms with Crippen LogP contribution in [0.3, 0.4) is 0 Å². The largest absolute Gasteiger partial charge is 0.381 e. The van der Waals surface area contributed by atoms with Crippen LogP contribution in [0.5, 0.6) is 0 Å². The predicted octanol–water partition coefficient (Wildman–Crippen LogP) is 3.25. The lowest BCUT2D eigenvalue weighted by molar-refractivity contribution is 0.0426. The van der Waals surface area contributed by atoms with Gasteiger partial charge in [-0.1, -0.05) is 24.3 Å². The number of ether oxygens (including phenoxy) is 1. The zero-order valence-electron chi connectivity index (χ0n) is 11.7. The summed E-state index contributed by atoms with van der Waals surface area (Å²) >= 11 is 0. The summed E-state index contributed by atoms with van der Waals surface area (Å²) in [7, 11) is 0. The molecule has 1 aromatic carbocycles. The van der Waals surface area contributed by atoms with Gasteiger partial charge in [-0.05, 0) is 61.5 Å². The maximum Gasteiger partial charge on any atom is 0.0509 e. The molecule has 104 valence electrons. The van der Waals surface area contributed by atoms with Crippen LogP contribution in [0.1, 0.15) is 49.1 Å². The minimum absolute atomic E-state index is 0.302. The molecule has 3 unspecified atom stereocenters. The van der Waals surface area contributed by atoms with E-state index in [2.05, 4.69) is 24.3 Å². The van der Waals surface area contributed by atoms with E-state index in [1.807, 2.05) is 0 Å². The number of rotatable bonds is 3. The highest BCUT2D eigenvalue weighted by Crippen LogP contribution is 2.36. The smallest absolute Gasteiger partial charge is 0.0509 e. The van der Waals surface area contributed by atoms with E-state index in [9.17, 15) is 0 Å². The zero-order valence-corrected chi connectivity index (χ0v) is 11.7. The fourth-order valence-electron chi connectivity index (χ4n) is 3.72. The first-order valence-electron chi connectivity index (χ1n) is 7.75. The van der Waals surface area contributed by atoms with Gasteiger partial charge in [0.25, 0.3) is 0 Å². The lowest BCUT2D eigenvalue weighted by atomic mass is 9.77. The number of fused-ring (bicyclic) bond motifs is 1. The van der Waals surface area contributed by atoms with E-state index in [1.165, 1.54) is 32.1 Å². The van der Waals surface area contributed by atoms with E-state index in [1.54, 1.807) is 11.1 Å². The molecule has 1 aromatic rings. The average molecular weight is 259 g/mol. The van der Waals surface area contributed by atoms with Gasteiger partial charge in [-0.2, -0.15) is 0 Å². The van der Waals surface area contributed by atoms with Gasteiger partial charge in [0, 0.05) is 12.6 Å². The Hall–Kier alpha value is -0.860. The Morgan fingerprint density at radius 2 is 2.11 bits per heavy atom. The van der Waals surface area contributed by atoms with Crippen molar-refractivity contribution in [3.63, 3.8) is 0 Å². The molecule has 1 heterocycles. The van der Waals surface area contributed by atoms with Gasteiger partial charge in [0.1, 0.15) is 0 Å². The minimum atomic E-state index is 0.302. The van der Waals surface area contributed by atoms with Gasteiger partial charge in [-0.3, -0.25) is 0 Å². The molecule has 0 spiro atoms.